The van der Waals surface area contributed by atoms with Crippen LogP contribution in [0.5, 0.6) is 5.75 Å². The van der Waals surface area contributed by atoms with Crippen LogP contribution in [-0.4, -0.2) is 203 Å². The van der Waals surface area contributed by atoms with Crippen LogP contribution in [0.4, 0.5) is 23.2 Å². The van der Waals surface area contributed by atoms with Gasteiger partial charge in [-0.15, -0.1) is 11.3 Å². The molecule has 23 nitrogen and oxygen atoms in total. The summed E-state index contributed by atoms with van der Waals surface area (Å²) < 4.78 is 151. The SMILES string of the molecule is CCCN(Cc1ncco1)C(=O)C1=Cc2sc(CC3CN(C(=O)CCOCCOCCOCCOCCOCCOCCOCCOCCOCCOCCC(=O)Oc4c(F)c(F)c(S(=O)(=O)O)c(F)c4F)C3)cc2N=C(N)C1. The van der Waals surface area contributed by atoms with E-state index in [2.05, 4.69) is 14.7 Å². The average Bonchev–Trinajstić information content (AvgIpc) is 4.08. The number of carbonyl (C=O) groups is 3. The molecule has 0 atom stereocenters. The van der Waals surface area contributed by atoms with E-state index < -0.39 is 56.4 Å². The van der Waals surface area contributed by atoms with Crippen molar-refractivity contribution in [3.8, 4) is 5.75 Å². The van der Waals surface area contributed by atoms with Crippen molar-refractivity contribution in [2.24, 2.45) is 16.6 Å². The lowest BCUT2D eigenvalue weighted by molar-refractivity contribution is -0.139. The molecule has 3 aromatic rings. The lowest BCUT2D eigenvalue weighted by Gasteiger charge is -2.39. The molecule has 0 radical (unpaired) electrons. The number of hydrogen-bond donors (Lipinski definition) is 2. The maximum Gasteiger partial charge on any atom is 0.313 e. The molecule has 2 aliphatic rings. The molecular formula is C50H69F4N5O18S2. The van der Waals surface area contributed by atoms with Crippen LogP contribution in [0.15, 0.2) is 38.4 Å². The number of thiophene rings is 1. The molecule has 0 spiro atoms. The maximum absolute atomic E-state index is 14.0. The fraction of sp³-hybridized carbons (Fsp3) is 0.620. The molecule has 1 fully saturated rings. The Morgan fingerprint density at radius 3 is 1.65 bits per heavy atom. The molecule has 5 rings (SSSR count). The number of fused-ring (bicyclic) bond motifs is 1. The predicted molar refractivity (Wildman–Crippen MR) is 273 cm³/mol. The molecule has 0 aliphatic carbocycles. The van der Waals surface area contributed by atoms with E-state index in [0.717, 1.165) is 28.3 Å². The largest absolute Gasteiger partial charge is 0.447 e. The first-order valence-electron chi connectivity index (χ1n) is 25.6. The summed E-state index contributed by atoms with van der Waals surface area (Å²) in [6.45, 7) is 10.2. The highest BCUT2D eigenvalue weighted by molar-refractivity contribution is 7.85. The first-order chi connectivity index (χ1) is 38.2. The van der Waals surface area contributed by atoms with Gasteiger partial charge in [0.05, 0.1) is 168 Å². The van der Waals surface area contributed by atoms with Gasteiger partial charge in [-0.25, -0.2) is 18.8 Å². The number of halogens is 4. The summed E-state index contributed by atoms with van der Waals surface area (Å²) in [5.41, 5.74) is 7.60. The molecule has 0 unspecified atom stereocenters. The molecule has 1 saturated heterocycles. The van der Waals surface area contributed by atoms with Crippen LogP contribution in [0, 0.1) is 29.2 Å². The van der Waals surface area contributed by atoms with E-state index in [-0.39, 0.29) is 57.8 Å². The molecule has 1 aromatic carbocycles. The number of ether oxygens (including phenoxy) is 11. The Hall–Kier alpha value is -5.02. The van der Waals surface area contributed by atoms with E-state index in [0.29, 0.717) is 148 Å². The minimum atomic E-state index is -5.65. The zero-order valence-electron chi connectivity index (χ0n) is 44.0. The fourth-order valence-corrected chi connectivity index (χ4v) is 9.32. The zero-order chi connectivity index (χ0) is 56.8. The molecule has 2 amide bonds. The van der Waals surface area contributed by atoms with E-state index >= 15 is 0 Å². The van der Waals surface area contributed by atoms with Gasteiger partial charge in [-0.05, 0) is 30.9 Å². The molecule has 4 heterocycles. The number of nitrogens with zero attached hydrogens (tertiary/aromatic N) is 4. The van der Waals surface area contributed by atoms with Gasteiger partial charge in [0.15, 0.2) is 16.5 Å². The minimum absolute atomic E-state index is 0.0183. The van der Waals surface area contributed by atoms with Crippen molar-refractivity contribution in [3.05, 3.63) is 63.0 Å². The van der Waals surface area contributed by atoms with E-state index in [1.54, 1.807) is 22.4 Å². The predicted octanol–water partition coefficient (Wildman–Crippen LogP) is 4.31. The lowest BCUT2D eigenvalue weighted by Crippen LogP contribution is -2.50. The number of aromatic nitrogens is 1. The Kier molecular flexibility index (Phi) is 29.2. The van der Waals surface area contributed by atoms with Crippen LogP contribution < -0.4 is 10.5 Å². The van der Waals surface area contributed by atoms with Crippen molar-refractivity contribution in [2.75, 3.05) is 152 Å². The van der Waals surface area contributed by atoms with Crippen LogP contribution in [0.3, 0.4) is 0 Å². The highest BCUT2D eigenvalue weighted by Crippen LogP contribution is 2.37. The molecular weight excluding hydrogens is 1100 g/mol. The zero-order valence-corrected chi connectivity index (χ0v) is 45.6. The van der Waals surface area contributed by atoms with Gasteiger partial charge in [-0.3, -0.25) is 18.9 Å². The van der Waals surface area contributed by atoms with Gasteiger partial charge in [-0.2, -0.15) is 17.2 Å². The average molecular weight is 1170 g/mol. The first kappa shape index (κ1) is 64.8. The molecule has 0 saturated carbocycles. The van der Waals surface area contributed by atoms with Gasteiger partial charge < -0.3 is 72.1 Å². The quantitative estimate of drug-likeness (QED) is 0.0200. The van der Waals surface area contributed by atoms with E-state index in [9.17, 15) is 40.4 Å². The second-order valence-corrected chi connectivity index (χ2v) is 19.9. The van der Waals surface area contributed by atoms with Gasteiger partial charge in [0.2, 0.25) is 29.2 Å². The van der Waals surface area contributed by atoms with E-state index in [1.807, 2.05) is 24.0 Å². The van der Waals surface area contributed by atoms with Crippen LogP contribution in [0.2, 0.25) is 0 Å². The Labute approximate surface area is 459 Å². The van der Waals surface area contributed by atoms with Gasteiger partial charge in [0.25, 0.3) is 5.91 Å². The second-order valence-electron chi connectivity index (χ2n) is 17.4. The van der Waals surface area contributed by atoms with E-state index in [4.69, 9.17) is 62.1 Å². The maximum atomic E-state index is 14.0. The highest BCUT2D eigenvalue weighted by atomic mass is 32.2. The lowest BCUT2D eigenvalue weighted by atomic mass is 9.95. The van der Waals surface area contributed by atoms with E-state index in [1.165, 1.54) is 6.26 Å². The van der Waals surface area contributed by atoms with Crippen LogP contribution >= 0.6 is 11.3 Å². The van der Waals surface area contributed by atoms with Gasteiger partial charge in [-0.1, -0.05) is 6.92 Å². The number of carbonyl (C=O) groups excluding carboxylic acids is 3. The number of aliphatic imine (C=N–C) groups is 1. The Bertz CT molecular complexity index is 2490. The molecule has 3 N–H and O–H groups in total. The molecule has 0 bridgehead atoms. The minimum Gasteiger partial charge on any atom is -0.447 e. The molecule has 442 valence electrons. The Morgan fingerprint density at radius 1 is 0.734 bits per heavy atom. The number of amides is 2. The van der Waals surface area contributed by atoms with Crippen molar-refractivity contribution in [3.63, 3.8) is 0 Å². The molecule has 79 heavy (non-hydrogen) atoms. The Balaban J connectivity index is 0.725. The van der Waals surface area contributed by atoms with Crippen molar-refractivity contribution < 1.29 is 101 Å². The number of likely N-dealkylation sites (tertiary alicyclic amines) is 1. The van der Waals surface area contributed by atoms with Crippen molar-refractivity contribution in [1.82, 2.24) is 14.8 Å². The summed E-state index contributed by atoms with van der Waals surface area (Å²) in [5, 5.41) is 0. The summed E-state index contributed by atoms with van der Waals surface area (Å²) in [4.78, 5) is 50.3. The highest BCUT2D eigenvalue weighted by Gasteiger charge is 2.35. The first-order valence-corrected chi connectivity index (χ1v) is 27.8. The van der Waals surface area contributed by atoms with Crippen molar-refractivity contribution in [2.45, 2.75) is 50.5 Å². The third-order valence-electron chi connectivity index (χ3n) is 11.3. The number of nitrogens with two attached hydrogens (primary N) is 1. The van der Waals surface area contributed by atoms with Crippen LogP contribution in [0.25, 0.3) is 6.08 Å². The second kappa shape index (κ2) is 35.7. The number of rotatable bonds is 42. The smallest absolute Gasteiger partial charge is 0.313 e. The summed E-state index contributed by atoms with van der Waals surface area (Å²) >= 11 is 1.60. The summed E-state index contributed by atoms with van der Waals surface area (Å²) in [5.74, 6) is -11.5. The number of benzene rings is 1. The summed E-state index contributed by atoms with van der Waals surface area (Å²) in [7, 11) is -5.65. The standard InChI is InChI=1S/C50H69F4N5O18S2/c1-2-6-58(34-41-56-5-9-76-41)50(62)36-29-39-38(57-40(55)30-36)31-37(78-39)28-35-32-59(33-35)42(60)3-7-66-10-12-68-14-16-70-18-20-72-22-24-74-26-27-75-25-23-73-21-19-71-17-15-69-13-11-67-8-4-43(61)77-48-44(51)46(53)49(79(63,64)65)47(54)45(48)52/h5,9,29,31,35H,2-4,6-8,10-28,30,32-34H2,1H3,(H2,55,57)(H,63,64,65). The monoisotopic (exact) mass is 1170 g/mol. The van der Waals surface area contributed by atoms with Gasteiger partial charge >= 0.3 is 16.1 Å². The molecule has 29 heteroatoms. The van der Waals surface area contributed by atoms with Crippen molar-refractivity contribution in [1.29, 1.82) is 0 Å². The molecule has 2 aromatic heterocycles. The Morgan fingerprint density at radius 2 is 1.20 bits per heavy atom. The van der Waals surface area contributed by atoms with Gasteiger partial charge in [0.1, 0.15) is 12.1 Å². The number of amidine groups is 1. The third kappa shape index (κ3) is 23.2. The number of oxazole rings is 1. The number of esters is 1. The molecule has 2 aliphatic heterocycles. The summed E-state index contributed by atoms with van der Waals surface area (Å²) in [6, 6.07) is 2.03. The summed E-state index contributed by atoms with van der Waals surface area (Å²) in [6.07, 6.45) is 6.53. The van der Waals surface area contributed by atoms with Gasteiger partial charge in [0, 0.05) is 36.5 Å². The van der Waals surface area contributed by atoms with Crippen molar-refractivity contribution >= 4 is 56.8 Å². The van der Waals surface area contributed by atoms with Crippen LogP contribution in [-0.2, 0) is 84.8 Å². The number of hydrogen-bond acceptors (Lipinski definition) is 21. The normalized spacial score (nSPS) is 13.7. The van der Waals surface area contributed by atoms with Crippen LogP contribution in [0.1, 0.15) is 48.3 Å². The third-order valence-corrected chi connectivity index (χ3v) is 13.3. The topological polar surface area (TPSA) is 278 Å². The fourth-order valence-electron chi connectivity index (χ4n) is 7.51.